The average Bonchev–Trinajstić information content (AvgIpc) is 2.93. The first-order valence-electron chi connectivity index (χ1n) is 7.40. The highest BCUT2D eigenvalue weighted by Crippen LogP contribution is 2.12. The van der Waals surface area contributed by atoms with Crippen LogP contribution < -0.4 is 0 Å². The predicted molar refractivity (Wildman–Crippen MR) is 81.7 cm³/mol. The largest absolute Gasteiger partial charge is 0.334 e. The lowest BCUT2D eigenvalue weighted by Crippen LogP contribution is -2.33. The van der Waals surface area contributed by atoms with Crippen molar-refractivity contribution in [2.45, 2.75) is 33.9 Å². The summed E-state index contributed by atoms with van der Waals surface area (Å²) in [6.45, 7) is 7.91. The number of hydrogen-bond donors (Lipinski definition) is 0. The number of rotatable bonds is 6. The van der Waals surface area contributed by atoms with Crippen LogP contribution in [0, 0.1) is 11.7 Å². The number of aromatic nitrogens is 3. The van der Waals surface area contributed by atoms with Gasteiger partial charge >= 0.3 is 0 Å². The average molecular weight is 304 g/mol. The van der Waals surface area contributed by atoms with Gasteiger partial charge in [0.25, 0.3) is 5.91 Å². The Morgan fingerprint density at radius 2 is 2.14 bits per heavy atom. The summed E-state index contributed by atoms with van der Waals surface area (Å²) in [6, 6.07) is 1.22. The molecule has 2 aromatic heterocycles. The predicted octanol–water partition coefficient (Wildman–Crippen LogP) is 2.74. The van der Waals surface area contributed by atoms with E-state index >= 15 is 0 Å². The van der Waals surface area contributed by atoms with Crippen LogP contribution in [0.4, 0.5) is 4.39 Å². The van der Waals surface area contributed by atoms with Crippen molar-refractivity contribution < 1.29 is 9.18 Å². The van der Waals surface area contributed by atoms with Gasteiger partial charge < -0.3 is 4.90 Å². The minimum absolute atomic E-state index is 0.218. The molecular formula is C16H21FN4O. The number of amides is 1. The third kappa shape index (κ3) is 4.13. The summed E-state index contributed by atoms with van der Waals surface area (Å²) in [7, 11) is 0. The van der Waals surface area contributed by atoms with Crippen LogP contribution in [0.3, 0.4) is 0 Å². The quantitative estimate of drug-likeness (QED) is 0.824. The van der Waals surface area contributed by atoms with E-state index in [1.165, 1.54) is 12.3 Å². The monoisotopic (exact) mass is 304 g/mol. The number of carbonyl (C=O) groups excluding carboxylic acids is 1. The highest BCUT2D eigenvalue weighted by atomic mass is 19.1. The molecule has 0 aliphatic heterocycles. The maximum Gasteiger partial charge on any atom is 0.255 e. The van der Waals surface area contributed by atoms with E-state index in [1.807, 2.05) is 31.6 Å². The molecule has 0 fully saturated rings. The van der Waals surface area contributed by atoms with Gasteiger partial charge in [0, 0.05) is 37.6 Å². The summed E-state index contributed by atoms with van der Waals surface area (Å²) in [4.78, 5) is 18.1. The summed E-state index contributed by atoms with van der Waals surface area (Å²) in [5, 5.41) is 4.22. The molecule has 0 unspecified atom stereocenters. The van der Waals surface area contributed by atoms with Gasteiger partial charge in [-0.25, -0.2) is 4.39 Å². The molecule has 0 radical (unpaired) electrons. The van der Waals surface area contributed by atoms with Gasteiger partial charge in [-0.05, 0) is 18.9 Å². The fourth-order valence-electron chi connectivity index (χ4n) is 2.25. The molecule has 5 nitrogen and oxygen atoms in total. The van der Waals surface area contributed by atoms with Gasteiger partial charge in [0.1, 0.15) is 5.82 Å². The van der Waals surface area contributed by atoms with Gasteiger partial charge in [0.2, 0.25) is 0 Å². The number of nitrogens with zero attached hydrogens (tertiary/aromatic N) is 4. The van der Waals surface area contributed by atoms with Gasteiger partial charge in [0.05, 0.1) is 18.0 Å². The van der Waals surface area contributed by atoms with Crippen molar-refractivity contribution in [3.63, 3.8) is 0 Å². The van der Waals surface area contributed by atoms with Crippen LogP contribution in [-0.4, -0.2) is 32.1 Å². The third-order valence-electron chi connectivity index (χ3n) is 3.21. The second kappa shape index (κ2) is 7.15. The third-order valence-corrected chi connectivity index (χ3v) is 3.21. The Morgan fingerprint density at radius 1 is 1.36 bits per heavy atom. The molecule has 22 heavy (non-hydrogen) atoms. The summed E-state index contributed by atoms with van der Waals surface area (Å²) in [5.74, 6) is -0.411. The molecule has 0 spiro atoms. The molecular weight excluding hydrogens is 283 g/mol. The molecule has 2 heterocycles. The number of halogens is 1. The van der Waals surface area contributed by atoms with Crippen molar-refractivity contribution in [3.8, 4) is 0 Å². The second-order valence-electron chi connectivity index (χ2n) is 5.68. The van der Waals surface area contributed by atoms with Crippen molar-refractivity contribution in [2.24, 2.45) is 5.92 Å². The molecule has 6 heteroatoms. The van der Waals surface area contributed by atoms with Crippen LogP contribution in [0.1, 0.15) is 36.7 Å². The van der Waals surface area contributed by atoms with E-state index in [9.17, 15) is 9.18 Å². The normalized spacial score (nSPS) is 11.0. The van der Waals surface area contributed by atoms with Crippen LogP contribution in [0.25, 0.3) is 0 Å². The van der Waals surface area contributed by atoms with E-state index in [1.54, 1.807) is 11.1 Å². The highest BCUT2D eigenvalue weighted by molar-refractivity contribution is 5.93. The van der Waals surface area contributed by atoms with Crippen molar-refractivity contribution >= 4 is 5.91 Å². The maximum absolute atomic E-state index is 13.3. The summed E-state index contributed by atoms with van der Waals surface area (Å²) in [5.41, 5.74) is 1.23. The molecule has 2 rings (SSSR count). The van der Waals surface area contributed by atoms with E-state index < -0.39 is 5.82 Å². The molecule has 0 saturated heterocycles. The number of aryl methyl sites for hydroxylation is 1. The summed E-state index contributed by atoms with van der Waals surface area (Å²) >= 11 is 0. The molecule has 0 saturated carbocycles. The van der Waals surface area contributed by atoms with E-state index in [0.29, 0.717) is 19.0 Å². The lowest BCUT2D eigenvalue weighted by molar-refractivity contribution is 0.0721. The van der Waals surface area contributed by atoms with Crippen molar-refractivity contribution in [3.05, 3.63) is 47.8 Å². The summed E-state index contributed by atoms with van der Waals surface area (Å²) in [6.07, 6.45) is 6.17. The first-order valence-corrected chi connectivity index (χ1v) is 7.40. The molecule has 1 amide bonds. The zero-order valence-electron chi connectivity index (χ0n) is 13.2. The Kier molecular flexibility index (Phi) is 5.25. The Balaban J connectivity index is 2.19. The van der Waals surface area contributed by atoms with E-state index in [0.717, 1.165) is 18.3 Å². The lowest BCUT2D eigenvalue weighted by atomic mass is 10.1. The van der Waals surface area contributed by atoms with Gasteiger partial charge in [0.15, 0.2) is 0 Å². The van der Waals surface area contributed by atoms with Crippen molar-refractivity contribution in [1.29, 1.82) is 0 Å². The maximum atomic E-state index is 13.3. The molecule has 0 aliphatic rings. The Hall–Kier alpha value is -2.24. The topological polar surface area (TPSA) is 51.0 Å². The number of hydrogen-bond acceptors (Lipinski definition) is 3. The van der Waals surface area contributed by atoms with Crippen LogP contribution in [0.2, 0.25) is 0 Å². The first-order chi connectivity index (χ1) is 10.5. The van der Waals surface area contributed by atoms with Crippen LogP contribution in [0.5, 0.6) is 0 Å². The standard InChI is InChI=1S/C16H21FN4O/c1-4-21-11-13(6-19-21)10-20(9-12(2)3)16(22)14-5-15(17)8-18-7-14/h5-8,11-12H,4,9-10H2,1-3H3. The zero-order chi connectivity index (χ0) is 16.1. The first kappa shape index (κ1) is 16.1. The summed E-state index contributed by atoms with van der Waals surface area (Å²) < 4.78 is 15.1. The minimum atomic E-state index is -0.505. The fourth-order valence-corrected chi connectivity index (χ4v) is 2.25. The molecule has 118 valence electrons. The fraction of sp³-hybridized carbons (Fsp3) is 0.438. The molecule has 0 bridgehead atoms. The van der Waals surface area contributed by atoms with Gasteiger partial charge in [-0.3, -0.25) is 14.5 Å². The van der Waals surface area contributed by atoms with Crippen molar-refractivity contribution in [1.82, 2.24) is 19.7 Å². The molecule has 0 N–H and O–H groups in total. The minimum Gasteiger partial charge on any atom is -0.334 e. The lowest BCUT2D eigenvalue weighted by Gasteiger charge is -2.24. The van der Waals surface area contributed by atoms with E-state index in [2.05, 4.69) is 10.1 Å². The van der Waals surface area contributed by atoms with Gasteiger partial charge in [-0.15, -0.1) is 0 Å². The zero-order valence-corrected chi connectivity index (χ0v) is 13.2. The Morgan fingerprint density at radius 3 is 2.73 bits per heavy atom. The van der Waals surface area contributed by atoms with Gasteiger partial charge in [-0.1, -0.05) is 13.8 Å². The highest BCUT2D eigenvalue weighted by Gasteiger charge is 2.19. The Labute approximate surface area is 129 Å². The smallest absolute Gasteiger partial charge is 0.255 e. The van der Waals surface area contributed by atoms with Crippen molar-refractivity contribution in [2.75, 3.05) is 6.54 Å². The van der Waals surface area contributed by atoms with Crippen LogP contribution in [0.15, 0.2) is 30.9 Å². The van der Waals surface area contributed by atoms with Crippen LogP contribution in [-0.2, 0) is 13.1 Å². The van der Waals surface area contributed by atoms with E-state index in [-0.39, 0.29) is 11.5 Å². The number of pyridine rings is 1. The molecule has 0 aromatic carbocycles. The molecule has 2 aromatic rings. The second-order valence-corrected chi connectivity index (χ2v) is 5.68. The number of carbonyl (C=O) groups is 1. The Bertz CT molecular complexity index is 639. The van der Waals surface area contributed by atoms with Gasteiger partial charge in [-0.2, -0.15) is 5.10 Å². The molecule has 0 atom stereocenters. The van der Waals surface area contributed by atoms with Crippen LogP contribution >= 0.6 is 0 Å². The van der Waals surface area contributed by atoms with E-state index in [4.69, 9.17) is 0 Å². The SMILES string of the molecule is CCn1cc(CN(CC(C)C)C(=O)c2cncc(F)c2)cn1. The molecule has 0 aliphatic carbocycles.